The summed E-state index contributed by atoms with van der Waals surface area (Å²) in [7, 11) is 0. The average Bonchev–Trinajstić information content (AvgIpc) is 3.11. The van der Waals surface area contributed by atoms with E-state index in [9.17, 15) is 0 Å². The van der Waals surface area contributed by atoms with Gasteiger partial charge in [0.15, 0.2) is 0 Å². The van der Waals surface area contributed by atoms with Gasteiger partial charge in [-0.05, 0) is 48.9 Å². The van der Waals surface area contributed by atoms with Crippen LogP contribution in [0.25, 0.3) is 10.4 Å². The lowest BCUT2D eigenvalue weighted by Crippen LogP contribution is -1.87. The lowest BCUT2D eigenvalue weighted by atomic mass is 10.0. The molecule has 0 fully saturated rings. The monoisotopic (exact) mass is 383 g/mol. The number of hydrogen-bond donors (Lipinski definition) is 0. The van der Waals surface area contributed by atoms with Gasteiger partial charge < -0.3 is 0 Å². The van der Waals surface area contributed by atoms with Crippen LogP contribution in [0.2, 0.25) is 0 Å². The van der Waals surface area contributed by atoms with Crippen molar-refractivity contribution in [2.45, 2.75) is 104 Å². The fourth-order valence-electron chi connectivity index (χ4n) is 3.75. The smallest absolute Gasteiger partial charge is 0.0377 e. The highest BCUT2D eigenvalue weighted by molar-refractivity contribution is 7.15. The maximum atomic E-state index is 3.16. The van der Waals surface area contributed by atoms with Gasteiger partial charge in [-0.15, -0.1) is 11.3 Å². The van der Waals surface area contributed by atoms with Gasteiger partial charge in [0.05, 0.1) is 0 Å². The molecule has 0 aliphatic carbocycles. The Morgan fingerprint density at radius 2 is 1.26 bits per heavy atom. The Labute approximate surface area is 172 Å². The molecule has 27 heavy (non-hydrogen) atoms. The maximum absolute atomic E-state index is 3.16. The summed E-state index contributed by atoms with van der Waals surface area (Å²) in [6.07, 6.45) is 19.1. The van der Waals surface area contributed by atoms with Crippen molar-refractivity contribution in [2.75, 3.05) is 0 Å². The van der Waals surface area contributed by atoms with Gasteiger partial charge in [0.1, 0.15) is 0 Å². The van der Waals surface area contributed by atoms with E-state index in [1.54, 1.807) is 10.4 Å². The van der Waals surface area contributed by atoms with E-state index in [4.69, 9.17) is 0 Å². The van der Waals surface area contributed by atoms with Gasteiger partial charge in [-0.25, -0.2) is 0 Å². The highest BCUT2D eigenvalue weighted by Gasteiger charge is 2.11. The lowest BCUT2D eigenvalue weighted by Gasteiger charge is -2.04. The largest absolute Gasteiger partial charge is 0.140 e. The van der Waals surface area contributed by atoms with E-state index >= 15 is 0 Å². The molecule has 0 spiro atoms. The quantitative estimate of drug-likeness (QED) is 0.269. The molecule has 1 aromatic heterocycles. The number of benzene rings is 1. The fraction of sp³-hybridized carbons (Fsp3) is 0.615. The Balaban J connectivity index is 1.89. The Morgan fingerprint density at radius 3 is 1.89 bits per heavy atom. The molecule has 0 N–H and O–H groups in total. The number of hydrogen-bond acceptors (Lipinski definition) is 1. The van der Waals surface area contributed by atoms with E-state index in [-0.39, 0.29) is 0 Å². The van der Waals surface area contributed by atoms with Crippen LogP contribution in [-0.4, -0.2) is 0 Å². The van der Waals surface area contributed by atoms with Crippen LogP contribution in [0.15, 0.2) is 30.3 Å². The van der Waals surface area contributed by atoms with E-state index in [0.717, 1.165) is 0 Å². The second-order valence-electron chi connectivity index (χ2n) is 7.89. The van der Waals surface area contributed by atoms with Gasteiger partial charge in [0.25, 0.3) is 0 Å². The molecule has 2 rings (SSSR count). The molecule has 0 nitrogen and oxygen atoms in total. The van der Waals surface area contributed by atoms with E-state index in [1.807, 2.05) is 11.3 Å². The van der Waals surface area contributed by atoms with Crippen LogP contribution < -0.4 is 0 Å². The van der Waals surface area contributed by atoms with Crippen molar-refractivity contribution in [3.63, 3.8) is 0 Å². The molecule has 149 valence electrons. The standard InChI is InChI=1S/C26H39S/c1-3-5-7-9-11-14-20-24-22-25(21-17-12-10-8-6-4-2)27-26(24)23-18-15-13-16-19-23/h15-16,18-19,22H,3-12,14,17,20-21H2,1-2H3. The summed E-state index contributed by atoms with van der Waals surface area (Å²) < 4.78 is 0. The highest BCUT2D eigenvalue weighted by Crippen LogP contribution is 2.34. The van der Waals surface area contributed by atoms with E-state index in [0.29, 0.717) is 0 Å². The molecule has 1 heteroatoms. The van der Waals surface area contributed by atoms with Crippen LogP contribution >= 0.6 is 11.3 Å². The van der Waals surface area contributed by atoms with Crippen molar-refractivity contribution in [2.24, 2.45) is 0 Å². The minimum Gasteiger partial charge on any atom is -0.140 e. The predicted molar refractivity (Wildman–Crippen MR) is 123 cm³/mol. The van der Waals surface area contributed by atoms with E-state index in [1.165, 1.54) is 100 Å². The molecule has 2 aromatic rings. The van der Waals surface area contributed by atoms with Crippen LogP contribution in [-0.2, 0) is 12.8 Å². The Kier molecular flexibility index (Phi) is 11.5. The zero-order chi connectivity index (χ0) is 19.2. The van der Waals surface area contributed by atoms with Crippen molar-refractivity contribution < 1.29 is 0 Å². The number of unbranched alkanes of at least 4 members (excludes halogenated alkanes) is 10. The van der Waals surface area contributed by atoms with Crippen LogP contribution in [0.1, 0.15) is 101 Å². The molecule has 0 amide bonds. The number of thiophene rings is 1. The highest BCUT2D eigenvalue weighted by atomic mass is 32.1. The second-order valence-corrected chi connectivity index (χ2v) is 9.03. The Bertz CT molecular complexity index is 596. The third-order valence-electron chi connectivity index (χ3n) is 5.42. The molecule has 0 aliphatic heterocycles. The van der Waals surface area contributed by atoms with Gasteiger partial charge in [0.2, 0.25) is 0 Å². The first-order chi connectivity index (χ1) is 13.3. The molecule has 1 radical (unpaired) electrons. The number of aryl methyl sites for hydroxylation is 2. The van der Waals surface area contributed by atoms with Gasteiger partial charge in [-0.2, -0.15) is 0 Å². The predicted octanol–water partition coefficient (Wildman–Crippen LogP) is 9.02. The molecule has 0 bridgehead atoms. The first-order valence-electron chi connectivity index (χ1n) is 11.4. The Morgan fingerprint density at radius 1 is 0.704 bits per heavy atom. The molecule has 0 aliphatic rings. The normalized spacial score (nSPS) is 11.2. The summed E-state index contributed by atoms with van der Waals surface area (Å²) in [4.78, 5) is 3.10. The van der Waals surface area contributed by atoms with Crippen LogP contribution in [0, 0.1) is 6.07 Å². The molecular formula is C26H39S. The van der Waals surface area contributed by atoms with Crippen LogP contribution in [0.3, 0.4) is 0 Å². The summed E-state index contributed by atoms with van der Waals surface area (Å²) in [5, 5.41) is 0. The van der Waals surface area contributed by atoms with E-state index in [2.05, 4.69) is 50.2 Å². The zero-order valence-corrected chi connectivity index (χ0v) is 18.5. The average molecular weight is 384 g/mol. The van der Waals surface area contributed by atoms with Gasteiger partial charge in [-0.3, -0.25) is 0 Å². The summed E-state index contributed by atoms with van der Waals surface area (Å²) in [6, 6.07) is 14.2. The fourth-order valence-corrected chi connectivity index (χ4v) is 5.01. The molecule has 1 heterocycles. The van der Waals surface area contributed by atoms with Crippen molar-refractivity contribution in [3.05, 3.63) is 46.8 Å². The van der Waals surface area contributed by atoms with Crippen LogP contribution in [0.4, 0.5) is 0 Å². The van der Waals surface area contributed by atoms with Crippen molar-refractivity contribution in [1.82, 2.24) is 0 Å². The minimum atomic E-state index is 1.24. The first kappa shape index (κ1) is 22.2. The number of rotatable bonds is 15. The summed E-state index contributed by atoms with van der Waals surface area (Å²) >= 11 is 2.04. The SMILES string of the molecule is CCCCCCCCc1cc(CCCCCCCC)c(-c2cc[c]cc2)s1. The van der Waals surface area contributed by atoms with Gasteiger partial charge >= 0.3 is 0 Å². The maximum Gasteiger partial charge on any atom is 0.0377 e. The van der Waals surface area contributed by atoms with Crippen molar-refractivity contribution in [1.29, 1.82) is 0 Å². The van der Waals surface area contributed by atoms with Gasteiger partial charge in [0, 0.05) is 9.75 Å². The third kappa shape index (κ3) is 8.64. The van der Waals surface area contributed by atoms with Gasteiger partial charge in [-0.1, -0.05) is 102 Å². The van der Waals surface area contributed by atoms with Crippen molar-refractivity contribution >= 4 is 11.3 Å². The molecule has 0 saturated heterocycles. The minimum absolute atomic E-state index is 1.24. The molecule has 0 saturated carbocycles. The summed E-state index contributed by atoms with van der Waals surface area (Å²) in [5.41, 5.74) is 2.97. The first-order valence-corrected chi connectivity index (χ1v) is 12.2. The second kappa shape index (κ2) is 14.0. The van der Waals surface area contributed by atoms with Crippen LogP contribution in [0.5, 0.6) is 0 Å². The molecule has 1 aromatic carbocycles. The van der Waals surface area contributed by atoms with E-state index < -0.39 is 0 Å². The summed E-state index contributed by atoms with van der Waals surface area (Å²) in [6.45, 7) is 4.58. The molecule has 0 unspecified atom stereocenters. The molecule has 0 atom stereocenters. The molecular weight excluding hydrogens is 344 g/mol. The third-order valence-corrected chi connectivity index (χ3v) is 6.70. The zero-order valence-electron chi connectivity index (χ0n) is 17.7. The topological polar surface area (TPSA) is 0 Å². The Hall–Kier alpha value is -1.08. The summed E-state index contributed by atoms with van der Waals surface area (Å²) in [5.74, 6) is 0. The van der Waals surface area contributed by atoms with Crippen molar-refractivity contribution in [3.8, 4) is 10.4 Å². The lowest BCUT2D eigenvalue weighted by molar-refractivity contribution is 0.606.